The lowest BCUT2D eigenvalue weighted by Gasteiger charge is -2.27. The van der Waals surface area contributed by atoms with E-state index in [2.05, 4.69) is 6.92 Å². The van der Waals surface area contributed by atoms with Gasteiger partial charge in [0.1, 0.15) is 11.4 Å². The quantitative estimate of drug-likeness (QED) is 0.907. The Morgan fingerprint density at radius 1 is 1.11 bits per heavy atom. The molecule has 1 atom stereocenters. The van der Waals surface area contributed by atoms with Crippen LogP contribution in [-0.4, -0.2) is 12.2 Å². The first kappa shape index (κ1) is 13.6. The monoisotopic (exact) mass is 256 g/mol. The van der Waals surface area contributed by atoms with E-state index in [0.717, 1.165) is 17.5 Å². The van der Waals surface area contributed by atoms with Crippen LogP contribution in [0.3, 0.4) is 0 Å². The van der Waals surface area contributed by atoms with Crippen molar-refractivity contribution in [2.75, 3.05) is 7.11 Å². The Labute approximate surface area is 114 Å². The van der Waals surface area contributed by atoms with E-state index in [0.29, 0.717) is 5.75 Å². The van der Waals surface area contributed by atoms with Gasteiger partial charge in [-0.3, -0.25) is 0 Å². The van der Waals surface area contributed by atoms with Crippen LogP contribution < -0.4 is 4.74 Å². The summed E-state index contributed by atoms with van der Waals surface area (Å²) in [7, 11) is 1.63. The molecule has 0 aliphatic carbocycles. The summed E-state index contributed by atoms with van der Waals surface area (Å²) >= 11 is 0. The Morgan fingerprint density at radius 3 is 2.37 bits per heavy atom. The number of ether oxygens (including phenoxy) is 1. The maximum atomic E-state index is 10.9. The van der Waals surface area contributed by atoms with E-state index in [1.54, 1.807) is 14.0 Å². The molecule has 0 unspecified atom stereocenters. The lowest BCUT2D eigenvalue weighted by molar-refractivity contribution is 0.0988. The van der Waals surface area contributed by atoms with Gasteiger partial charge in [0.25, 0.3) is 0 Å². The van der Waals surface area contributed by atoms with Gasteiger partial charge < -0.3 is 9.84 Å². The zero-order valence-electron chi connectivity index (χ0n) is 11.7. The Bertz CT molecular complexity index is 544. The lowest BCUT2D eigenvalue weighted by atomic mass is 9.86. The molecule has 2 nitrogen and oxygen atoms in total. The van der Waals surface area contributed by atoms with Crippen LogP contribution in [0.15, 0.2) is 48.5 Å². The second-order valence-electron chi connectivity index (χ2n) is 4.83. The molecule has 0 aliphatic heterocycles. The molecule has 0 radical (unpaired) electrons. The molecule has 2 aromatic carbocycles. The number of aryl methyl sites for hydroxylation is 1. The molecule has 2 aromatic rings. The maximum absolute atomic E-state index is 10.9. The molecule has 100 valence electrons. The Hall–Kier alpha value is -1.80. The number of rotatable bonds is 4. The largest absolute Gasteiger partial charge is 0.496 e. The van der Waals surface area contributed by atoms with E-state index in [1.165, 1.54) is 5.56 Å². The van der Waals surface area contributed by atoms with Crippen molar-refractivity contribution in [3.8, 4) is 5.75 Å². The normalized spacial score (nSPS) is 13.9. The first-order valence-corrected chi connectivity index (χ1v) is 6.55. The van der Waals surface area contributed by atoms with Crippen molar-refractivity contribution in [3.05, 3.63) is 65.2 Å². The van der Waals surface area contributed by atoms with Gasteiger partial charge in [-0.1, -0.05) is 43.3 Å². The Balaban J connectivity index is 2.56. The highest BCUT2D eigenvalue weighted by molar-refractivity contribution is 5.46. The lowest BCUT2D eigenvalue weighted by Crippen LogP contribution is -2.23. The van der Waals surface area contributed by atoms with Gasteiger partial charge in [0.05, 0.1) is 7.11 Å². The maximum Gasteiger partial charge on any atom is 0.125 e. The Morgan fingerprint density at radius 2 is 1.79 bits per heavy atom. The molecule has 19 heavy (non-hydrogen) atoms. The molecule has 0 saturated carbocycles. The van der Waals surface area contributed by atoms with Crippen molar-refractivity contribution in [2.24, 2.45) is 0 Å². The van der Waals surface area contributed by atoms with Gasteiger partial charge in [-0.25, -0.2) is 0 Å². The van der Waals surface area contributed by atoms with Gasteiger partial charge in [-0.15, -0.1) is 0 Å². The topological polar surface area (TPSA) is 29.5 Å². The molecule has 0 heterocycles. The third-order valence-corrected chi connectivity index (χ3v) is 3.53. The van der Waals surface area contributed by atoms with Crippen molar-refractivity contribution >= 4 is 0 Å². The van der Waals surface area contributed by atoms with Gasteiger partial charge in [-0.05, 0) is 36.6 Å². The highest BCUT2D eigenvalue weighted by Crippen LogP contribution is 2.35. The van der Waals surface area contributed by atoms with Crippen molar-refractivity contribution in [3.63, 3.8) is 0 Å². The van der Waals surface area contributed by atoms with E-state index in [-0.39, 0.29) is 0 Å². The molecule has 0 aromatic heterocycles. The fourth-order valence-corrected chi connectivity index (χ4v) is 2.27. The highest BCUT2D eigenvalue weighted by atomic mass is 16.5. The second kappa shape index (κ2) is 5.45. The molecule has 0 saturated heterocycles. The zero-order chi connectivity index (χ0) is 13.9. The first-order chi connectivity index (χ1) is 9.09. The van der Waals surface area contributed by atoms with Crippen LogP contribution >= 0.6 is 0 Å². The SMILES string of the molecule is CCc1ccc(OC)c([C@](C)(O)c2ccccc2)c1. The molecular formula is C17H20O2. The van der Waals surface area contributed by atoms with Gasteiger partial charge in [-0.2, -0.15) is 0 Å². The summed E-state index contributed by atoms with van der Waals surface area (Å²) in [6, 6.07) is 15.6. The van der Waals surface area contributed by atoms with Crippen LogP contribution in [0, 0.1) is 0 Å². The third kappa shape index (κ3) is 2.64. The minimum atomic E-state index is -1.06. The molecule has 2 rings (SSSR count). The van der Waals surface area contributed by atoms with Crippen LogP contribution in [-0.2, 0) is 12.0 Å². The molecule has 0 aliphatic rings. The van der Waals surface area contributed by atoms with Crippen molar-refractivity contribution in [1.29, 1.82) is 0 Å². The number of hydrogen-bond acceptors (Lipinski definition) is 2. The summed E-state index contributed by atoms with van der Waals surface area (Å²) in [4.78, 5) is 0. The van der Waals surface area contributed by atoms with E-state index in [9.17, 15) is 5.11 Å². The molecular weight excluding hydrogens is 236 g/mol. The first-order valence-electron chi connectivity index (χ1n) is 6.55. The van der Waals surface area contributed by atoms with E-state index in [1.807, 2.05) is 48.5 Å². The summed E-state index contributed by atoms with van der Waals surface area (Å²) < 4.78 is 5.39. The molecule has 2 heteroatoms. The smallest absolute Gasteiger partial charge is 0.125 e. The van der Waals surface area contributed by atoms with Gasteiger partial charge in [0, 0.05) is 5.56 Å². The van der Waals surface area contributed by atoms with Gasteiger partial charge in [0.15, 0.2) is 0 Å². The fraction of sp³-hybridized carbons (Fsp3) is 0.294. The Kier molecular flexibility index (Phi) is 3.91. The van der Waals surface area contributed by atoms with Crippen molar-refractivity contribution in [1.82, 2.24) is 0 Å². The second-order valence-corrected chi connectivity index (χ2v) is 4.83. The van der Waals surface area contributed by atoms with Crippen LogP contribution in [0.4, 0.5) is 0 Å². The van der Waals surface area contributed by atoms with Gasteiger partial charge in [0.2, 0.25) is 0 Å². The average Bonchev–Trinajstić information content (AvgIpc) is 2.47. The van der Waals surface area contributed by atoms with Crippen LogP contribution in [0.2, 0.25) is 0 Å². The predicted molar refractivity (Wildman–Crippen MR) is 77.5 cm³/mol. The highest BCUT2D eigenvalue weighted by Gasteiger charge is 2.29. The number of methoxy groups -OCH3 is 1. The molecule has 0 fully saturated rings. The summed E-state index contributed by atoms with van der Waals surface area (Å²) in [6.45, 7) is 3.91. The van der Waals surface area contributed by atoms with Crippen LogP contribution in [0.5, 0.6) is 5.75 Å². The molecule has 1 N–H and O–H groups in total. The van der Waals surface area contributed by atoms with E-state index in [4.69, 9.17) is 4.74 Å². The molecule has 0 amide bonds. The number of aliphatic hydroxyl groups is 1. The summed E-state index contributed by atoms with van der Waals surface area (Å²) in [5, 5.41) is 10.9. The van der Waals surface area contributed by atoms with E-state index >= 15 is 0 Å². The summed E-state index contributed by atoms with van der Waals surface area (Å²) in [5.41, 5.74) is 1.80. The predicted octanol–water partition coefficient (Wildman–Crippen LogP) is 3.51. The number of benzene rings is 2. The number of hydrogen-bond donors (Lipinski definition) is 1. The fourth-order valence-electron chi connectivity index (χ4n) is 2.27. The van der Waals surface area contributed by atoms with E-state index < -0.39 is 5.60 Å². The molecule has 0 spiro atoms. The molecule has 0 bridgehead atoms. The van der Waals surface area contributed by atoms with Crippen LogP contribution in [0.1, 0.15) is 30.5 Å². The van der Waals surface area contributed by atoms with Gasteiger partial charge >= 0.3 is 0 Å². The average molecular weight is 256 g/mol. The minimum absolute atomic E-state index is 0.714. The third-order valence-electron chi connectivity index (χ3n) is 3.53. The van der Waals surface area contributed by atoms with Crippen molar-refractivity contribution < 1.29 is 9.84 Å². The standard InChI is InChI=1S/C17H20O2/c1-4-13-10-11-16(19-3)15(12-13)17(2,18)14-8-6-5-7-9-14/h5-12,18H,4H2,1-3H3/t17-/m1/s1. The summed E-state index contributed by atoms with van der Waals surface area (Å²) in [5.74, 6) is 0.714. The summed E-state index contributed by atoms with van der Waals surface area (Å²) in [6.07, 6.45) is 0.932. The minimum Gasteiger partial charge on any atom is -0.496 e. The zero-order valence-corrected chi connectivity index (χ0v) is 11.7. The van der Waals surface area contributed by atoms with Crippen molar-refractivity contribution in [2.45, 2.75) is 25.9 Å². The van der Waals surface area contributed by atoms with Crippen LogP contribution in [0.25, 0.3) is 0 Å².